The lowest BCUT2D eigenvalue weighted by Gasteiger charge is -2.11. The zero-order chi connectivity index (χ0) is 13.0. The molecule has 4 nitrogen and oxygen atoms in total. The summed E-state index contributed by atoms with van der Waals surface area (Å²) in [5, 5.41) is 5.98. The van der Waals surface area contributed by atoms with Crippen LogP contribution in [0.2, 0.25) is 0 Å². The SMILES string of the molecule is CC(NCCNC(N)=O)c1cc2c(s1)CCCC2. The van der Waals surface area contributed by atoms with Crippen LogP contribution < -0.4 is 16.4 Å². The molecule has 1 aromatic rings. The third kappa shape index (κ3) is 3.46. The third-order valence-electron chi connectivity index (χ3n) is 3.32. The normalized spacial score (nSPS) is 16.1. The Morgan fingerprint density at radius 3 is 2.94 bits per heavy atom. The van der Waals surface area contributed by atoms with Gasteiger partial charge in [-0.15, -0.1) is 11.3 Å². The summed E-state index contributed by atoms with van der Waals surface area (Å²) in [7, 11) is 0. The number of primary amides is 1. The summed E-state index contributed by atoms with van der Waals surface area (Å²) in [6.07, 6.45) is 5.14. The minimum Gasteiger partial charge on any atom is -0.352 e. The predicted octanol–water partition coefficient (Wildman–Crippen LogP) is 1.95. The minimum absolute atomic E-state index is 0.343. The minimum atomic E-state index is -0.462. The van der Waals surface area contributed by atoms with Gasteiger partial charge in [0.05, 0.1) is 0 Å². The second kappa shape index (κ2) is 6.20. The molecule has 100 valence electrons. The molecule has 0 spiro atoms. The largest absolute Gasteiger partial charge is 0.352 e. The number of hydrogen-bond donors (Lipinski definition) is 3. The fourth-order valence-electron chi connectivity index (χ4n) is 2.30. The number of urea groups is 1. The standard InChI is InChI=1S/C13H21N3OS/c1-9(15-6-7-16-13(14)17)12-8-10-4-2-3-5-11(10)18-12/h8-9,15H,2-7H2,1H3,(H3,14,16,17). The van der Waals surface area contributed by atoms with E-state index in [1.54, 1.807) is 10.4 Å². The molecular weight excluding hydrogens is 246 g/mol. The maximum Gasteiger partial charge on any atom is 0.312 e. The van der Waals surface area contributed by atoms with E-state index in [1.165, 1.54) is 30.6 Å². The molecule has 1 aromatic heterocycles. The predicted molar refractivity (Wildman–Crippen MR) is 75.0 cm³/mol. The van der Waals surface area contributed by atoms with E-state index in [-0.39, 0.29) is 0 Å². The van der Waals surface area contributed by atoms with Crippen LogP contribution in [0.1, 0.15) is 41.1 Å². The number of fused-ring (bicyclic) bond motifs is 1. The van der Waals surface area contributed by atoms with Crippen molar-refractivity contribution >= 4 is 17.4 Å². The number of thiophene rings is 1. The molecule has 0 bridgehead atoms. The van der Waals surface area contributed by atoms with Gasteiger partial charge in [-0.25, -0.2) is 4.79 Å². The molecule has 1 aliphatic rings. The molecule has 5 heteroatoms. The molecule has 1 heterocycles. The summed E-state index contributed by atoms with van der Waals surface area (Å²) in [5.41, 5.74) is 6.56. The van der Waals surface area contributed by atoms with Gasteiger partial charge in [-0.2, -0.15) is 0 Å². The van der Waals surface area contributed by atoms with Crippen molar-refractivity contribution in [2.45, 2.75) is 38.6 Å². The highest BCUT2D eigenvalue weighted by Gasteiger charge is 2.16. The van der Waals surface area contributed by atoms with Crippen molar-refractivity contribution in [3.8, 4) is 0 Å². The van der Waals surface area contributed by atoms with Gasteiger partial charge < -0.3 is 16.4 Å². The van der Waals surface area contributed by atoms with Crippen LogP contribution in [-0.4, -0.2) is 19.1 Å². The summed E-state index contributed by atoms with van der Waals surface area (Å²) in [6.45, 7) is 3.49. The van der Waals surface area contributed by atoms with Crippen molar-refractivity contribution < 1.29 is 4.79 Å². The fourth-order valence-corrected chi connectivity index (χ4v) is 3.59. The first-order chi connectivity index (χ1) is 8.66. The average molecular weight is 267 g/mol. The summed E-state index contributed by atoms with van der Waals surface area (Å²) in [6, 6.07) is 2.23. The van der Waals surface area contributed by atoms with Crippen LogP contribution in [0.4, 0.5) is 4.79 Å². The average Bonchev–Trinajstić information content (AvgIpc) is 2.78. The number of aryl methyl sites for hydroxylation is 2. The first-order valence-corrected chi connectivity index (χ1v) is 7.36. The van der Waals surface area contributed by atoms with Crippen LogP contribution in [0, 0.1) is 0 Å². The van der Waals surface area contributed by atoms with Crippen LogP contribution in [0.3, 0.4) is 0 Å². The zero-order valence-corrected chi connectivity index (χ0v) is 11.6. The molecule has 2 amide bonds. The van der Waals surface area contributed by atoms with Gasteiger partial charge >= 0.3 is 6.03 Å². The number of rotatable bonds is 5. The van der Waals surface area contributed by atoms with Crippen molar-refractivity contribution in [1.29, 1.82) is 0 Å². The lowest BCUT2D eigenvalue weighted by molar-refractivity contribution is 0.249. The van der Waals surface area contributed by atoms with Gasteiger partial charge in [-0.3, -0.25) is 0 Å². The molecule has 0 aromatic carbocycles. The first-order valence-electron chi connectivity index (χ1n) is 6.55. The number of amides is 2. The number of carbonyl (C=O) groups is 1. The van der Waals surface area contributed by atoms with Crippen molar-refractivity contribution in [2.24, 2.45) is 5.73 Å². The van der Waals surface area contributed by atoms with E-state index in [4.69, 9.17) is 5.73 Å². The van der Waals surface area contributed by atoms with E-state index < -0.39 is 6.03 Å². The van der Waals surface area contributed by atoms with Crippen molar-refractivity contribution in [2.75, 3.05) is 13.1 Å². The number of nitrogens with one attached hydrogen (secondary N) is 2. The highest BCUT2D eigenvalue weighted by molar-refractivity contribution is 7.12. The molecule has 1 unspecified atom stereocenters. The van der Waals surface area contributed by atoms with E-state index in [9.17, 15) is 4.79 Å². The van der Waals surface area contributed by atoms with Crippen molar-refractivity contribution in [3.05, 3.63) is 21.4 Å². The van der Waals surface area contributed by atoms with Crippen LogP contribution in [0.5, 0.6) is 0 Å². The molecule has 1 aliphatic carbocycles. The summed E-state index contributed by atoms with van der Waals surface area (Å²) in [5.74, 6) is 0. The molecule has 0 saturated heterocycles. The molecule has 0 saturated carbocycles. The Balaban J connectivity index is 1.83. The van der Waals surface area contributed by atoms with E-state index >= 15 is 0 Å². The summed E-state index contributed by atoms with van der Waals surface area (Å²) >= 11 is 1.93. The molecule has 1 atom stereocenters. The Labute approximate surface area is 112 Å². The van der Waals surface area contributed by atoms with E-state index in [0.29, 0.717) is 12.6 Å². The molecule has 4 N–H and O–H groups in total. The Bertz CT molecular complexity index is 393. The topological polar surface area (TPSA) is 67.2 Å². The monoisotopic (exact) mass is 267 g/mol. The zero-order valence-electron chi connectivity index (χ0n) is 10.8. The van der Waals surface area contributed by atoms with Crippen LogP contribution >= 0.6 is 11.3 Å². The maximum atomic E-state index is 10.5. The fraction of sp³-hybridized carbons (Fsp3) is 0.615. The van der Waals surface area contributed by atoms with Crippen molar-refractivity contribution in [1.82, 2.24) is 10.6 Å². The summed E-state index contributed by atoms with van der Waals surface area (Å²) < 4.78 is 0. The van der Waals surface area contributed by atoms with Crippen LogP contribution in [-0.2, 0) is 12.8 Å². The Kier molecular flexibility index (Phi) is 4.60. The van der Waals surface area contributed by atoms with Crippen LogP contribution in [0.25, 0.3) is 0 Å². The molecule has 0 fully saturated rings. The number of hydrogen-bond acceptors (Lipinski definition) is 3. The van der Waals surface area contributed by atoms with E-state index in [1.807, 2.05) is 11.3 Å². The maximum absolute atomic E-state index is 10.5. The third-order valence-corrected chi connectivity index (χ3v) is 4.74. The van der Waals surface area contributed by atoms with Gasteiger partial charge in [0, 0.05) is 28.9 Å². The molecule has 2 rings (SSSR count). The van der Waals surface area contributed by atoms with Gasteiger partial charge in [0.1, 0.15) is 0 Å². The Hall–Kier alpha value is -1.07. The lowest BCUT2D eigenvalue weighted by Crippen LogP contribution is -2.35. The Morgan fingerprint density at radius 1 is 1.44 bits per heavy atom. The lowest BCUT2D eigenvalue weighted by atomic mass is 9.99. The Morgan fingerprint density at radius 2 is 2.22 bits per heavy atom. The van der Waals surface area contributed by atoms with Crippen molar-refractivity contribution in [3.63, 3.8) is 0 Å². The molecule has 0 aliphatic heterocycles. The molecule has 0 radical (unpaired) electrons. The summed E-state index contributed by atoms with van der Waals surface area (Å²) in [4.78, 5) is 13.5. The highest BCUT2D eigenvalue weighted by atomic mass is 32.1. The smallest absolute Gasteiger partial charge is 0.312 e. The number of carbonyl (C=O) groups excluding carboxylic acids is 1. The van der Waals surface area contributed by atoms with E-state index in [2.05, 4.69) is 23.6 Å². The first kappa shape index (κ1) is 13.4. The van der Waals surface area contributed by atoms with Gasteiger partial charge in [-0.05, 0) is 44.2 Å². The van der Waals surface area contributed by atoms with Gasteiger partial charge in [-0.1, -0.05) is 0 Å². The number of nitrogens with two attached hydrogens (primary N) is 1. The van der Waals surface area contributed by atoms with Gasteiger partial charge in [0.15, 0.2) is 0 Å². The molecule has 18 heavy (non-hydrogen) atoms. The second-order valence-electron chi connectivity index (χ2n) is 4.77. The van der Waals surface area contributed by atoms with Gasteiger partial charge in [0.2, 0.25) is 0 Å². The quantitative estimate of drug-likeness (QED) is 0.714. The van der Waals surface area contributed by atoms with E-state index in [0.717, 1.165) is 6.54 Å². The molecular formula is C13H21N3OS. The second-order valence-corrected chi connectivity index (χ2v) is 5.94. The van der Waals surface area contributed by atoms with Crippen LogP contribution in [0.15, 0.2) is 6.07 Å². The van der Waals surface area contributed by atoms with Gasteiger partial charge in [0.25, 0.3) is 0 Å². The highest BCUT2D eigenvalue weighted by Crippen LogP contribution is 2.32.